The maximum Gasteiger partial charge on any atom is 0.415 e. The van der Waals surface area contributed by atoms with Crippen LogP contribution in [0.3, 0.4) is 0 Å². The molecule has 0 atom stereocenters. The number of benzene rings is 1. The summed E-state index contributed by atoms with van der Waals surface area (Å²) in [6.45, 7) is 4.76. The fraction of sp³-hybridized carbons (Fsp3) is 0.720. The zero-order chi connectivity index (χ0) is 21.9. The molecule has 1 aromatic carbocycles. The Hall–Kier alpha value is -1.30. The average Bonchev–Trinajstić information content (AvgIpc) is 2.80. The monoisotopic (exact) mass is 450 g/mol. The van der Waals surface area contributed by atoms with Gasteiger partial charge in [-0.05, 0) is 95.3 Å². The molecule has 1 aliphatic heterocycles. The third kappa shape index (κ3) is 8.63. The number of halogens is 1. The van der Waals surface area contributed by atoms with Gasteiger partial charge in [-0.25, -0.2) is 4.79 Å². The summed E-state index contributed by atoms with van der Waals surface area (Å²) in [5.74, 6) is 0.522. The predicted molar refractivity (Wildman–Crippen MR) is 126 cm³/mol. The minimum absolute atomic E-state index is 0.217. The van der Waals surface area contributed by atoms with E-state index in [2.05, 4.69) is 4.90 Å². The number of amides is 1. The van der Waals surface area contributed by atoms with E-state index in [9.17, 15) is 4.79 Å². The van der Waals surface area contributed by atoms with Gasteiger partial charge in [0.1, 0.15) is 5.75 Å². The van der Waals surface area contributed by atoms with Crippen molar-refractivity contribution in [2.45, 2.75) is 82.8 Å². The van der Waals surface area contributed by atoms with Crippen molar-refractivity contribution in [1.29, 1.82) is 0 Å². The SMILES string of the molecule is CN(C(=O)Oc1ccc(Cl)cc1)[C@H]1CC[C@H](OCCCCCCN2CCCCC2)CC1. The van der Waals surface area contributed by atoms with Gasteiger partial charge in [-0.3, -0.25) is 0 Å². The lowest BCUT2D eigenvalue weighted by Crippen LogP contribution is -2.42. The van der Waals surface area contributed by atoms with E-state index >= 15 is 0 Å². The summed E-state index contributed by atoms with van der Waals surface area (Å²) in [6, 6.07) is 7.09. The number of carbonyl (C=O) groups excluding carboxylic acids is 1. The first-order valence-corrected chi connectivity index (χ1v) is 12.5. The number of ether oxygens (including phenoxy) is 2. The van der Waals surface area contributed by atoms with Crippen LogP contribution in [-0.4, -0.2) is 61.3 Å². The first-order valence-electron chi connectivity index (χ1n) is 12.2. The number of hydrogen-bond acceptors (Lipinski definition) is 4. The largest absolute Gasteiger partial charge is 0.415 e. The van der Waals surface area contributed by atoms with E-state index in [1.54, 1.807) is 29.2 Å². The van der Waals surface area contributed by atoms with Crippen LogP contribution >= 0.6 is 11.6 Å². The Morgan fingerprint density at radius 2 is 1.68 bits per heavy atom. The quantitative estimate of drug-likeness (QED) is 0.401. The van der Waals surface area contributed by atoms with Crippen LogP contribution < -0.4 is 4.74 Å². The zero-order valence-electron chi connectivity index (χ0n) is 19.1. The van der Waals surface area contributed by atoms with E-state index in [1.165, 1.54) is 58.2 Å². The van der Waals surface area contributed by atoms with Crippen molar-refractivity contribution in [3.8, 4) is 5.75 Å². The molecule has 1 heterocycles. The van der Waals surface area contributed by atoms with Crippen molar-refractivity contribution in [3.63, 3.8) is 0 Å². The van der Waals surface area contributed by atoms with Gasteiger partial charge in [0.2, 0.25) is 0 Å². The second kappa shape index (κ2) is 13.3. The Bertz CT molecular complexity index is 641. The highest BCUT2D eigenvalue weighted by molar-refractivity contribution is 6.30. The van der Waals surface area contributed by atoms with Crippen molar-refractivity contribution in [2.75, 3.05) is 33.3 Å². The number of unbranched alkanes of at least 4 members (excludes halogenated alkanes) is 3. The number of likely N-dealkylation sites (tertiary alicyclic amines) is 1. The second-order valence-corrected chi connectivity index (χ2v) is 9.49. The average molecular weight is 451 g/mol. The lowest BCUT2D eigenvalue weighted by Gasteiger charge is -2.34. The van der Waals surface area contributed by atoms with Gasteiger partial charge in [0, 0.05) is 24.7 Å². The predicted octanol–water partition coefficient (Wildman–Crippen LogP) is 6.14. The fourth-order valence-electron chi connectivity index (χ4n) is 4.65. The topological polar surface area (TPSA) is 42.0 Å². The minimum atomic E-state index is -0.309. The molecule has 1 saturated heterocycles. The summed E-state index contributed by atoms with van der Waals surface area (Å²) in [5, 5.41) is 0.629. The molecule has 0 bridgehead atoms. The molecular formula is C25H39ClN2O3. The number of nitrogens with zero attached hydrogens (tertiary/aromatic N) is 2. The van der Waals surface area contributed by atoms with Crippen LogP contribution in [0.4, 0.5) is 4.79 Å². The lowest BCUT2D eigenvalue weighted by atomic mass is 9.92. The van der Waals surface area contributed by atoms with Gasteiger partial charge in [-0.15, -0.1) is 0 Å². The van der Waals surface area contributed by atoms with Crippen LogP contribution in [0.1, 0.15) is 70.6 Å². The van der Waals surface area contributed by atoms with E-state index in [0.717, 1.165) is 38.7 Å². The molecule has 0 N–H and O–H groups in total. The molecule has 1 aromatic rings. The van der Waals surface area contributed by atoms with E-state index in [1.807, 2.05) is 7.05 Å². The number of rotatable bonds is 10. The van der Waals surface area contributed by atoms with Crippen LogP contribution in [0.2, 0.25) is 5.02 Å². The molecular weight excluding hydrogens is 412 g/mol. The standard InChI is InChI=1S/C25H39ClN2O3/c1-27(25(29)31-24-13-9-21(26)10-14-24)22-11-15-23(16-12-22)30-20-8-3-2-5-17-28-18-6-4-7-19-28/h9-10,13-14,22-23H,2-8,11-12,15-20H2,1H3/t22-,23-. The highest BCUT2D eigenvalue weighted by Gasteiger charge is 2.27. The van der Waals surface area contributed by atoms with Crippen molar-refractivity contribution >= 4 is 17.7 Å². The smallest absolute Gasteiger partial charge is 0.410 e. The zero-order valence-corrected chi connectivity index (χ0v) is 19.8. The third-order valence-electron chi connectivity index (χ3n) is 6.67. The Labute approximate surface area is 193 Å². The van der Waals surface area contributed by atoms with Crippen molar-refractivity contribution in [3.05, 3.63) is 29.3 Å². The number of hydrogen-bond donors (Lipinski definition) is 0. The Balaban J connectivity index is 1.22. The normalized spacial score (nSPS) is 22.3. The molecule has 0 aromatic heterocycles. The molecule has 1 saturated carbocycles. The van der Waals surface area contributed by atoms with E-state index < -0.39 is 0 Å². The molecule has 1 amide bonds. The van der Waals surface area contributed by atoms with Crippen LogP contribution in [0.25, 0.3) is 0 Å². The van der Waals surface area contributed by atoms with Crippen molar-refractivity contribution in [2.24, 2.45) is 0 Å². The number of carbonyl (C=O) groups is 1. The van der Waals surface area contributed by atoms with E-state index in [-0.39, 0.29) is 12.1 Å². The van der Waals surface area contributed by atoms with Crippen LogP contribution in [0.15, 0.2) is 24.3 Å². The highest BCUT2D eigenvalue weighted by atomic mass is 35.5. The summed E-state index contributed by atoms with van der Waals surface area (Å²) in [5.41, 5.74) is 0. The molecule has 2 fully saturated rings. The van der Waals surface area contributed by atoms with Crippen molar-refractivity contribution in [1.82, 2.24) is 9.80 Å². The maximum absolute atomic E-state index is 12.4. The molecule has 31 heavy (non-hydrogen) atoms. The Morgan fingerprint density at radius 3 is 2.39 bits per heavy atom. The summed E-state index contributed by atoms with van der Waals surface area (Å²) < 4.78 is 11.6. The maximum atomic E-state index is 12.4. The molecule has 174 valence electrons. The van der Waals surface area contributed by atoms with Gasteiger partial charge in [-0.1, -0.05) is 30.9 Å². The Morgan fingerprint density at radius 1 is 1.00 bits per heavy atom. The minimum Gasteiger partial charge on any atom is -0.410 e. The first-order chi connectivity index (χ1) is 15.1. The molecule has 2 aliphatic rings. The molecule has 0 spiro atoms. The lowest BCUT2D eigenvalue weighted by molar-refractivity contribution is 0.0104. The first kappa shape index (κ1) is 24.3. The fourth-order valence-corrected chi connectivity index (χ4v) is 4.77. The molecule has 6 heteroatoms. The summed E-state index contributed by atoms with van der Waals surface area (Å²) >= 11 is 5.88. The number of piperidine rings is 1. The van der Waals surface area contributed by atoms with Gasteiger partial charge in [-0.2, -0.15) is 0 Å². The molecule has 5 nitrogen and oxygen atoms in total. The van der Waals surface area contributed by atoms with Crippen LogP contribution in [-0.2, 0) is 4.74 Å². The molecule has 3 rings (SSSR count). The Kier molecular flexibility index (Phi) is 10.4. The second-order valence-electron chi connectivity index (χ2n) is 9.05. The van der Waals surface area contributed by atoms with E-state index in [0.29, 0.717) is 16.9 Å². The van der Waals surface area contributed by atoms with Crippen molar-refractivity contribution < 1.29 is 14.3 Å². The van der Waals surface area contributed by atoms with Gasteiger partial charge in [0.15, 0.2) is 0 Å². The van der Waals surface area contributed by atoms with Crippen LogP contribution in [0, 0.1) is 0 Å². The highest BCUT2D eigenvalue weighted by Crippen LogP contribution is 2.26. The molecule has 1 aliphatic carbocycles. The molecule has 0 unspecified atom stereocenters. The van der Waals surface area contributed by atoms with Crippen LogP contribution in [0.5, 0.6) is 5.75 Å². The summed E-state index contributed by atoms with van der Waals surface area (Å²) in [7, 11) is 1.83. The van der Waals surface area contributed by atoms with E-state index in [4.69, 9.17) is 21.1 Å². The van der Waals surface area contributed by atoms with Gasteiger partial charge >= 0.3 is 6.09 Å². The summed E-state index contributed by atoms with van der Waals surface area (Å²) in [6.07, 6.45) is 13.2. The van der Waals surface area contributed by atoms with Gasteiger partial charge in [0.25, 0.3) is 0 Å². The molecule has 0 radical (unpaired) electrons. The van der Waals surface area contributed by atoms with Gasteiger partial charge < -0.3 is 19.3 Å². The summed E-state index contributed by atoms with van der Waals surface area (Å²) in [4.78, 5) is 16.8. The third-order valence-corrected chi connectivity index (χ3v) is 6.92. The van der Waals surface area contributed by atoms with Gasteiger partial charge in [0.05, 0.1) is 6.10 Å².